The number of anilines is 3. The molecule has 0 fully saturated rings. The molecule has 0 spiro atoms. The molecule has 0 unspecified atom stereocenters. The van der Waals surface area contributed by atoms with Gasteiger partial charge < -0.3 is 15.4 Å². The molecular weight excluding hydrogens is 421 g/mol. The van der Waals surface area contributed by atoms with Crippen molar-refractivity contribution in [2.45, 2.75) is 6.42 Å². The van der Waals surface area contributed by atoms with E-state index in [2.05, 4.69) is 20.6 Å². The third-order valence-electron chi connectivity index (χ3n) is 3.75. The normalized spacial score (nSPS) is 15.2. The Bertz CT molecular complexity index is 1130. The number of aromatic nitrogens is 2. The van der Waals surface area contributed by atoms with Crippen LogP contribution in [0.3, 0.4) is 0 Å². The maximum absolute atomic E-state index is 14.1. The van der Waals surface area contributed by atoms with E-state index in [-0.39, 0.29) is 18.2 Å². The number of hydrogen-bond acceptors (Lipinski definition) is 7. The van der Waals surface area contributed by atoms with Crippen molar-refractivity contribution in [2.75, 3.05) is 17.7 Å². The fourth-order valence-electron chi connectivity index (χ4n) is 2.54. The quantitative estimate of drug-likeness (QED) is 0.633. The van der Waals surface area contributed by atoms with Crippen LogP contribution in [0.2, 0.25) is 5.02 Å². The molecule has 1 heterocycles. The molecule has 3 rings (SSSR count). The van der Waals surface area contributed by atoms with Gasteiger partial charge in [-0.2, -0.15) is 4.98 Å². The molecule has 152 valence electrons. The van der Waals surface area contributed by atoms with E-state index in [9.17, 15) is 12.8 Å². The Morgan fingerprint density at radius 3 is 2.83 bits per heavy atom. The molecular formula is C18H17ClFN5O3S. The number of nitrogens with two attached hydrogens (primary N) is 1. The molecule has 8 nitrogen and oxygen atoms in total. The maximum atomic E-state index is 14.1. The Hall–Kier alpha value is -2.95. The van der Waals surface area contributed by atoms with Crippen LogP contribution < -0.4 is 20.5 Å². The summed E-state index contributed by atoms with van der Waals surface area (Å²) in [6.07, 6.45) is 6.30. The third-order valence-corrected chi connectivity index (χ3v) is 4.68. The lowest BCUT2D eigenvalue weighted by molar-refractivity contribution is 0.415. The molecule has 1 aliphatic rings. The second-order valence-electron chi connectivity index (χ2n) is 6.00. The minimum atomic E-state index is -3.75. The molecule has 0 saturated heterocycles. The summed E-state index contributed by atoms with van der Waals surface area (Å²) in [5.41, 5.74) is 1.62. The lowest BCUT2D eigenvalue weighted by Gasteiger charge is -2.14. The van der Waals surface area contributed by atoms with Crippen LogP contribution in [0.4, 0.5) is 21.8 Å². The van der Waals surface area contributed by atoms with E-state index in [0.29, 0.717) is 27.7 Å². The number of allylic oxidation sites excluding steroid dienone is 4. The summed E-state index contributed by atoms with van der Waals surface area (Å²) in [5, 5.41) is 12.1. The number of nitrogens with one attached hydrogen (secondary N) is 2. The van der Waals surface area contributed by atoms with Crippen molar-refractivity contribution in [3.8, 4) is 5.75 Å². The Balaban J connectivity index is 1.77. The molecule has 0 bridgehead atoms. The van der Waals surface area contributed by atoms with E-state index in [1.807, 2.05) is 0 Å². The molecule has 4 N–H and O–H groups in total. The van der Waals surface area contributed by atoms with Gasteiger partial charge in [-0.3, -0.25) is 0 Å². The predicted molar refractivity (Wildman–Crippen MR) is 110 cm³/mol. The molecule has 0 radical (unpaired) electrons. The Morgan fingerprint density at radius 1 is 1.34 bits per heavy atom. The summed E-state index contributed by atoms with van der Waals surface area (Å²) in [6, 6.07) is 4.88. The number of methoxy groups -OCH3 is 1. The van der Waals surface area contributed by atoms with Crippen molar-refractivity contribution in [2.24, 2.45) is 5.14 Å². The van der Waals surface area contributed by atoms with Crippen molar-refractivity contribution in [1.29, 1.82) is 0 Å². The predicted octanol–water partition coefficient (Wildman–Crippen LogP) is 3.45. The summed E-state index contributed by atoms with van der Waals surface area (Å²) in [5.74, 6) is -0.0980. The van der Waals surface area contributed by atoms with Crippen LogP contribution in [0.25, 0.3) is 0 Å². The zero-order valence-corrected chi connectivity index (χ0v) is 16.8. The highest BCUT2D eigenvalue weighted by Crippen LogP contribution is 2.29. The number of hydrogen-bond donors (Lipinski definition) is 3. The summed E-state index contributed by atoms with van der Waals surface area (Å²) in [7, 11) is -2.26. The first-order chi connectivity index (χ1) is 13.7. The van der Waals surface area contributed by atoms with Gasteiger partial charge in [0.05, 0.1) is 18.3 Å². The van der Waals surface area contributed by atoms with Gasteiger partial charge in [0.15, 0.2) is 11.6 Å². The van der Waals surface area contributed by atoms with Crippen LogP contribution in [-0.2, 0) is 10.0 Å². The molecule has 0 amide bonds. The molecule has 2 aromatic rings. The molecule has 11 heteroatoms. The van der Waals surface area contributed by atoms with Crippen molar-refractivity contribution >= 4 is 39.1 Å². The Morgan fingerprint density at radius 2 is 2.14 bits per heavy atom. The summed E-state index contributed by atoms with van der Waals surface area (Å²) >= 11 is 6.08. The van der Waals surface area contributed by atoms with E-state index < -0.39 is 15.8 Å². The fraction of sp³-hybridized carbons (Fsp3) is 0.111. The molecule has 1 aromatic carbocycles. The standard InChI is InChI=1S/C18H17ClFN5O3S/c1-28-16-6-5-13(8-14(16)19)23-17-15(20)9-22-18(25-17)24-12-4-2-3-11(7-12)10-29(21,26)27/h2-6,8-10H,7H2,1H3,(H2,21,26,27)(H2,22,23,24,25). The van der Waals surface area contributed by atoms with Gasteiger partial charge in [0.2, 0.25) is 16.0 Å². The molecule has 1 aliphatic carbocycles. The van der Waals surface area contributed by atoms with E-state index in [4.69, 9.17) is 21.5 Å². The van der Waals surface area contributed by atoms with Gasteiger partial charge in [-0.05, 0) is 29.8 Å². The highest BCUT2D eigenvalue weighted by molar-refractivity contribution is 7.92. The monoisotopic (exact) mass is 437 g/mol. The zero-order chi connectivity index (χ0) is 21.0. The Labute approximate surface area is 172 Å². The van der Waals surface area contributed by atoms with E-state index in [1.54, 1.807) is 36.4 Å². The number of sulfonamides is 1. The van der Waals surface area contributed by atoms with Gasteiger partial charge in [-0.1, -0.05) is 23.8 Å². The number of ether oxygens (including phenoxy) is 1. The van der Waals surface area contributed by atoms with Gasteiger partial charge >= 0.3 is 0 Å². The largest absolute Gasteiger partial charge is 0.495 e. The Kier molecular flexibility index (Phi) is 6.16. The average Bonchev–Trinajstić information content (AvgIpc) is 2.63. The first-order valence-electron chi connectivity index (χ1n) is 8.24. The highest BCUT2D eigenvalue weighted by Gasteiger charge is 2.12. The van der Waals surface area contributed by atoms with E-state index in [0.717, 1.165) is 11.6 Å². The second kappa shape index (κ2) is 8.60. The van der Waals surface area contributed by atoms with Crippen molar-refractivity contribution < 1.29 is 17.5 Å². The number of primary sulfonamides is 1. The van der Waals surface area contributed by atoms with E-state index >= 15 is 0 Å². The number of halogens is 2. The van der Waals surface area contributed by atoms with Gasteiger partial charge in [0.1, 0.15) is 5.75 Å². The highest BCUT2D eigenvalue weighted by atomic mass is 35.5. The summed E-state index contributed by atoms with van der Waals surface area (Å²) < 4.78 is 41.7. The number of nitrogens with zero attached hydrogens (tertiary/aromatic N) is 2. The van der Waals surface area contributed by atoms with Crippen molar-refractivity contribution in [1.82, 2.24) is 9.97 Å². The zero-order valence-electron chi connectivity index (χ0n) is 15.2. The molecule has 0 atom stereocenters. The minimum Gasteiger partial charge on any atom is -0.495 e. The molecule has 29 heavy (non-hydrogen) atoms. The minimum absolute atomic E-state index is 0.0593. The lowest BCUT2D eigenvalue weighted by atomic mass is 10.1. The average molecular weight is 438 g/mol. The van der Waals surface area contributed by atoms with Gasteiger partial charge in [0.25, 0.3) is 0 Å². The molecule has 0 aliphatic heterocycles. The third kappa shape index (κ3) is 5.76. The van der Waals surface area contributed by atoms with Crippen LogP contribution in [0.15, 0.2) is 59.3 Å². The fourth-order valence-corrected chi connectivity index (χ4v) is 3.38. The number of benzene rings is 1. The molecule has 1 aromatic heterocycles. The molecule has 0 saturated carbocycles. The van der Waals surface area contributed by atoms with Crippen molar-refractivity contribution in [3.63, 3.8) is 0 Å². The van der Waals surface area contributed by atoms with Crippen LogP contribution in [0.1, 0.15) is 6.42 Å². The van der Waals surface area contributed by atoms with Crippen LogP contribution in [-0.4, -0.2) is 25.5 Å². The van der Waals surface area contributed by atoms with Gasteiger partial charge in [-0.15, -0.1) is 0 Å². The van der Waals surface area contributed by atoms with Crippen LogP contribution in [0, 0.1) is 5.82 Å². The first kappa shape index (κ1) is 20.8. The number of rotatable bonds is 6. The van der Waals surface area contributed by atoms with Gasteiger partial charge in [0, 0.05) is 23.2 Å². The summed E-state index contributed by atoms with van der Waals surface area (Å²) in [4.78, 5) is 8.03. The smallest absolute Gasteiger partial charge is 0.231 e. The SMILES string of the molecule is COc1ccc(Nc2nc(NC3=CC=CC(=CS(N)(=O)=O)C3)ncc2F)cc1Cl. The maximum Gasteiger partial charge on any atom is 0.231 e. The van der Waals surface area contributed by atoms with Gasteiger partial charge in [-0.25, -0.2) is 22.9 Å². The second-order valence-corrected chi connectivity index (χ2v) is 7.82. The first-order valence-corrected chi connectivity index (χ1v) is 10.2. The van der Waals surface area contributed by atoms with E-state index in [1.165, 1.54) is 7.11 Å². The van der Waals surface area contributed by atoms with Crippen molar-refractivity contribution in [3.05, 3.63) is 70.1 Å². The summed E-state index contributed by atoms with van der Waals surface area (Å²) in [6.45, 7) is 0. The lowest BCUT2D eigenvalue weighted by Crippen LogP contribution is -2.11. The van der Waals surface area contributed by atoms with Crippen LogP contribution in [0.5, 0.6) is 5.75 Å². The topological polar surface area (TPSA) is 119 Å². The van der Waals surface area contributed by atoms with Crippen LogP contribution >= 0.6 is 11.6 Å².